The van der Waals surface area contributed by atoms with Crippen molar-refractivity contribution in [3.63, 3.8) is 0 Å². The maximum atomic E-state index is 12.2. The summed E-state index contributed by atoms with van der Waals surface area (Å²) < 4.78 is 0. The van der Waals surface area contributed by atoms with Gasteiger partial charge in [-0.1, -0.05) is 48.5 Å². The molecule has 1 heterocycles. The predicted molar refractivity (Wildman–Crippen MR) is 95.8 cm³/mol. The Hall–Kier alpha value is -2.33. The van der Waals surface area contributed by atoms with Gasteiger partial charge in [-0.3, -0.25) is 4.79 Å². The molecule has 0 radical (unpaired) electrons. The van der Waals surface area contributed by atoms with Gasteiger partial charge in [0.1, 0.15) is 0 Å². The molecule has 2 aromatic carbocycles. The van der Waals surface area contributed by atoms with Crippen LogP contribution >= 0.6 is 0 Å². The van der Waals surface area contributed by atoms with Gasteiger partial charge >= 0.3 is 0 Å². The molecule has 3 rings (SSSR count). The maximum absolute atomic E-state index is 12.2. The first-order chi connectivity index (χ1) is 11.8. The smallest absolute Gasteiger partial charge is 0.253 e. The number of piperidine rings is 1. The van der Waals surface area contributed by atoms with Crippen LogP contribution in [-0.2, 0) is 11.3 Å². The Morgan fingerprint density at radius 3 is 2.42 bits per heavy atom. The number of aliphatic hydroxyl groups is 1. The highest BCUT2D eigenvalue weighted by Gasteiger charge is 2.18. The molecule has 2 N–H and O–H groups in total. The van der Waals surface area contributed by atoms with Crippen LogP contribution in [0.15, 0.2) is 54.6 Å². The summed E-state index contributed by atoms with van der Waals surface area (Å²) in [6.45, 7) is 2.56. The summed E-state index contributed by atoms with van der Waals surface area (Å²) in [5, 5.41) is 13.0. The third-order valence-electron chi connectivity index (χ3n) is 4.51. The Morgan fingerprint density at radius 2 is 1.67 bits per heavy atom. The van der Waals surface area contributed by atoms with Gasteiger partial charge in [0, 0.05) is 25.3 Å². The molecule has 1 saturated heterocycles. The second kappa shape index (κ2) is 7.97. The molecule has 0 aromatic heterocycles. The van der Waals surface area contributed by atoms with Gasteiger partial charge in [0.2, 0.25) is 0 Å². The van der Waals surface area contributed by atoms with Crippen LogP contribution in [-0.4, -0.2) is 24.1 Å². The van der Waals surface area contributed by atoms with Gasteiger partial charge in [-0.2, -0.15) is 0 Å². The highest BCUT2D eigenvalue weighted by Crippen LogP contribution is 2.24. The van der Waals surface area contributed by atoms with E-state index in [0.717, 1.165) is 18.7 Å². The minimum Gasteiger partial charge on any atom is -0.378 e. The number of nitrogens with zero attached hydrogens (tertiary/aromatic N) is 1. The molecule has 1 aliphatic rings. The normalized spacial score (nSPS) is 15.8. The summed E-state index contributed by atoms with van der Waals surface area (Å²) in [5.41, 5.74) is 2.89. The van der Waals surface area contributed by atoms with Gasteiger partial charge in [0.15, 0.2) is 6.10 Å². The predicted octanol–water partition coefficient (Wildman–Crippen LogP) is 3.03. The highest BCUT2D eigenvalue weighted by atomic mass is 16.3. The fraction of sp³-hybridized carbons (Fsp3) is 0.350. The van der Waals surface area contributed by atoms with Gasteiger partial charge in [0.05, 0.1) is 0 Å². The summed E-state index contributed by atoms with van der Waals surface area (Å²) >= 11 is 0. The average molecular weight is 324 g/mol. The van der Waals surface area contributed by atoms with Crippen molar-refractivity contribution in [2.24, 2.45) is 0 Å². The van der Waals surface area contributed by atoms with E-state index in [1.807, 2.05) is 36.4 Å². The van der Waals surface area contributed by atoms with Crippen LogP contribution in [0, 0.1) is 0 Å². The quantitative estimate of drug-likeness (QED) is 0.889. The van der Waals surface area contributed by atoms with E-state index < -0.39 is 6.10 Å². The van der Waals surface area contributed by atoms with Crippen molar-refractivity contribution in [2.45, 2.75) is 31.9 Å². The Labute approximate surface area is 143 Å². The summed E-state index contributed by atoms with van der Waals surface area (Å²) in [7, 11) is 0. The SMILES string of the molecule is O=C(NCc1ccccc1N1CCCCC1)C(O)c1ccccc1. The number of carbonyl (C=O) groups excluding carboxylic acids is 1. The molecule has 0 saturated carbocycles. The maximum Gasteiger partial charge on any atom is 0.253 e. The summed E-state index contributed by atoms with van der Waals surface area (Å²) in [6.07, 6.45) is 2.59. The first-order valence-electron chi connectivity index (χ1n) is 8.59. The van der Waals surface area contributed by atoms with E-state index in [9.17, 15) is 9.90 Å². The van der Waals surface area contributed by atoms with Crippen molar-refractivity contribution >= 4 is 11.6 Å². The molecule has 2 aromatic rings. The molecule has 4 heteroatoms. The van der Waals surface area contributed by atoms with Crippen LogP contribution < -0.4 is 10.2 Å². The number of hydrogen-bond acceptors (Lipinski definition) is 3. The number of rotatable bonds is 5. The number of anilines is 1. The second-order valence-corrected chi connectivity index (χ2v) is 6.21. The number of nitrogens with one attached hydrogen (secondary N) is 1. The lowest BCUT2D eigenvalue weighted by Gasteiger charge is -2.30. The third kappa shape index (κ3) is 3.95. The molecule has 1 aliphatic heterocycles. The van der Waals surface area contributed by atoms with Gasteiger partial charge in [0.25, 0.3) is 5.91 Å². The largest absolute Gasteiger partial charge is 0.378 e. The lowest BCUT2D eigenvalue weighted by atomic mass is 10.1. The Morgan fingerprint density at radius 1 is 1.00 bits per heavy atom. The molecule has 1 amide bonds. The van der Waals surface area contributed by atoms with Crippen LogP contribution in [0.1, 0.15) is 36.5 Å². The van der Waals surface area contributed by atoms with Crippen LogP contribution in [0.2, 0.25) is 0 Å². The van der Waals surface area contributed by atoms with Crippen molar-refractivity contribution in [1.29, 1.82) is 0 Å². The van der Waals surface area contributed by atoms with Gasteiger partial charge < -0.3 is 15.3 Å². The van der Waals surface area contributed by atoms with Crippen molar-refractivity contribution in [3.05, 3.63) is 65.7 Å². The topological polar surface area (TPSA) is 52.6 Å². The molecular formula is C20H24N2O2. The fourth-order valence-electron chi connectivity index (χ4n) is 3.17. The summed E-state index contributed by atoms with van der Waals surface area (Å²) in [6, 6.07) is 17.2. The van der Waals surface area contributed by atoms with Crippen molar-refractivity contribution in [2.75, 3.05) is 18.0 Å². The molecule has 1 fully saturated rings. The zero-order chi connectivity index (χ0) is 16.8. The van der Waals surface area contributed by atoms with E-state index in [1.54, 1.807) is 12.1 Å². The lowest BCUT2D eigenvalue weighted by Crippen LogP contribution is -2.32. The van der Waals surface area contributed by atoms with Crippen LogP contribution in [0.25, 0.3) is 0 Å². The number of aliphatic hydroxyl groups excluding tert-OH is 1. The first kappa shape index (κ1) is 16.5. The highest BCUT2D eigenvalue weighted by molar-refractivity contribution is 5.82. The molecule has 0 aliphatic carbocycles. The minimum absolute atomic E-state index is 0.366. The molecule has 4 nitrogen and oxygen atoms in total. The fourth-order valence-corrected chi connectivity index (χ4v) is 3.17. The minimum atomic E-state index is -1.13. The second-order valence-electron chi connectivity index (χ2n) is 6.21. The van der Waals surface area contributed by atoms with Gasteiger partial charge in [-0.05, 0) is 36.5 Å². The Kier molecular flexibility index (Phi) is 5.49. The van der Waals surface area contributed by atoms with E-state index in [1.165, 1.54) is 24.9 Å². The van der Waals surface area contributed by atoms with Crippen molar-refractivity contribution < 1.29 is 9.90 Å². The van der Waals surface area contributed by atoms with Crippen molar-refractivity contribution in [1.82, 2.24) is 5.32 Å². The van der Waals surface area contributed by atoms with E-state index in [0.29, 0.717) is 12.1 Å². The number of amides is 1. The van der Waals surface area contributed by atoms with E-state index in [4.69, 9.17) is 0 Å². The van der Waals surface area contributed by atoms with Crippen LogP contribution in [0.4, 0.5) is 5.69 Å². The molecule has 126 valence electrons. The van der Waals surface area contributed by atoms with Gasteiger partial charge in [-0.15, -0.1) is 0 Å². The van der Waals surface area contributed by atoms with Gasteiger partial charge in [-0.25, -0.2) is 0 Å². The molecule has 1 unspecified atom stereocenters. The number of hydrogen-bond donors (Lipinski definition) is 2. The number of para-hydroxylation sites is 1. The number of carbonyl (C=O) groups is 1. The Balaban J connectivity index is 1.65. The third-order valence-corrected chi connectivity index (χ3v) is 4.51. The monoisotopic (exact) mass is 324 g/mol. The Bertz CT molecular complexity index is 666. The van der Waals surface area contributed by atoms with E-state index in [2.05, 4.69) is 16.3 Å². The summed E-state index contributed by atoms with van der Waals surface area (Å²) in [5.74, 6) is -0.366. The lowest BCUT2D eigenvalue weighted by molar-refractivity contribution is -0.129. The molecule has 24 heavy (non-hydrogen) atoms. The standard InChI is InChI=1S/C20H24N2O2/c23-19(16-9-3-1-4-10-16)20(24)21-15-17-11-5-6-12-18(17)22-13-7-2-8-14-22/h1,3-6,9-12,19,23H,2,7-8,13-15H2,(H,21,24). The van der Waals surface area contributed by atoms with Crippen LogP contribution in [0.5, 0.6) is 0 Å². The average Bonchev–Trinajstić information content (AvgIpc) is 2.67. The van der Waals surface area contributed by atoms with E-state index >= 15 is 0 Å². The molecule has 1 atom stereocenters. The van der Waals surface area contributed by atoms with E-state index in [-0.39, 0.29) is 5.91 Å². The first-order valence-corrected chi connectivity index (χ1v) is 8.59. The zero-order valence-electron chi connectivity index (χ0n) is 13.8. The number of benzene rings is 2. The zero-order valence-corrected chi connectivity index (χ0v) is 13.8. The summed E-state index contributed by atoms with van der Waals surface area (Å²) in [4.78, 5) is 14.6. The van der Waals surface area contributed by atoms with Crippen molar-refractivity contribution in [3.8, 4) is 0 Å². The molecule has 0 spiro atoms. The van der Waals surface area contributed by atoms with Crippen LogP contribution in [0.3, 0.4) is 0 Å². The molecule has 0 bridgehead atoms. The molecular weight excluding hydrogens is 300 g/mol.